The molecule has 0 aromatic heterocycles. The maximum Gasteiger partial charge on any atom is 0.306 e. The summed E-state index contributed by atoms with van der Waals surface area (Å²) in [5, 5.41) is 10.9. The molecule has 0 aliphatic carbocycles. The molecular weight excluding hydrogens is 391 g/mol. The molecule has 0 bridgehead atoms. The summed E-state index contributed by atoms with van der Waals surface area (Å²) in [6.07, 6.45) is 0.761. The van der Waals surface area contributed by atoms with E-state index in [0.29, 0.717) is 29.7 Å². The van der Waals surface area contributed by atoms with Crippen molar-refractivity contribution < 1.29 is 27.2 Å². The molecule has 0 amide bonds. The van der Waals surface area contributed by atoms with Gasteiger partial charge in [0.2, 0.25) is 15.8 Å². The van der Waals surface area contributed by atoms with E-state index in [0.717, 1.165) is 24.1 Å². The van der Waals surface area contributed by atoms with Gasteiger partial charge in [-0.25, -0.2) is 13.1 Å². The summed E-state index contributed by atoms with van der Waals surface area (Å²) in [5.74, 6) is 0.0989. The highest BCUT2D eigenvalue weighted by Crippen LogP contribution is 2.35. The van der Waals surface area contributed by atoms with Gasteiger partial charge in [-0.3, -0.25) is 10.1 Å². The molecule has 1 aliphatic heterocycles. The van der Waals surface area contributed by atoms with Crippen LogP contribution in [-0.4, -0.2) is 26.1 Å². The number of ether oxygens (including phenoxy) is 2. The number of nitro benzene ring substituents is 1. The first kappa shape index (κ1) is 20.0. The van der Waals surface area contributed by atoms with E-state index < -0.39 is 31.3 Å². The van der Waals surface area contributed by atoms with Crippen LogP contribution in [-0.2, 0) is 23.0 Å². The molecular formula is C18H19FN2O6S. The Morgan fingerprint density at radius 1 is 1.36 bits per heavy atom. The number of nitrogens with zero attached hydrogens (tertiary/aromatic N) is 1. The Hall–Kier alpha value is -2.72. The molecule has 0 saturated heterocycles. The minimum atomic E-state index is -4.11. The molecule has 0 spiro atoms. The van der Waals surface area contributed by atoms with Crippen LogP contribution < -0.4 is 14.2 Å². The summed E-state index contributed by atoms with van der Waals surface area (Å²) < 4.78 is 52.2. The largest absolute Gasteiger partial charge is 0.494 e. The molecule has 10 heteroatoms. The fourth-order valence-electron chi connectivity index (χ4n) is 2.97. The lowest BCUT2D eigenvalue weighted by Gasteiger charge is -2.13. The molecule has 150 valence electrons. The van der Waals surface area contributed by atoms with Gasteiger partial charge in [-0.2, -0.15) is 4.39 Å². The number of nitrogens with one attached hydrogen (secondary N) is 1. The van der Waals surface area contributed by atoms with Crippen molar-refractivity contribution in [3.63, 3.8) is 0 Å². The van der Waals surface area contributed by atoms with Crippen molar-refractivity contribution in [3.8, 4) is 11.5 Å². The standard InChI is InChI=1S/C18H19FN2O6S/c1-3-26-17-7-12-6-11(2)27-18(12)8-13(17)10-20-28(24,25)14-4-5-15(19)16(9-14)21(22)23/h4-5,7-9,11,20H,3,6,10H2,1-2H3/t11-/m0/s1. The fourth-order valence-corrected chi connectivity index (χ4v) is 3.99. The number of sulfonamides is 1. The predicted molar refractivity (Wildman–Crippen MR) is 98.5 cm³/mol. The molecule has 0 unspecified atom stereocenters. The van der Waals surface area contributed by atoms with Gasteiger partial charge in [-0.1, -0.05) is 0 Å². The monoisotopic (exact) mass is 410 g/mol. The molecule has 2 aromatic carbocycles. The number of halogens is 1. The van der Waals surface area contributed by atoms with E-state index in [1.54, 1.807) is 6.07 Å². The van der Waals surface area contributed by atoms with Crippen LogP contribution in [0.2, 0.25) is 0 Å². The average molecular weight is 410 g/mol. The molecule has 1 heterocycles. The summed E-state index contributed by atoms with van der Waals surface area (Å²) in [6, 6.07) is 5.97. The van der Waals surface area contributed by atoms with Crippen LogP contribution in [0.1, 0.15) is 25.0 Å². The van der Waals surface area contributed by atoms with Crippen molar-refractivity contribution in [2.45, 2.75) is 37.8 Å². The SMILES string of the molecule is CCOc1cc2c(cc1CNS(=O)(=O)c1ccc(F)c([N+](=O)[O-])c1)O[C@@H](C)C2. The maximum absolute atomic E-state index is 13.5. The second kappa shape index (κ2) is 7.72. The third-order valence-corrected chi connectivity index (χ3v) is 5.66. The quantitative estimate of drug-likeness (QED) is 0.555. The number of hydrogen-bond acceptors (Lipinski definition) is 6. The van der Waals surface area contributed by atoms with Crippen LogP contribution in [0.4, 0.5) is 10.1 Å². The zero-order valence-electron chi connectivity index (χ0n) is 15.3. The lowest BCUT2D eigenvalue weighted by molar-refractivity contribution is -0.387. The minimum Gasteiger partial charge on any atom is -0.494 e. The van der Waals surface area contributed by atoms with Gasteiger partial charge in [0.15, 0.2) is 0 Å². The first-order chi connectivity index (χ1) is 13.2. The summed E-state index contributed by atoms with van der Waals surface area (Å²) >= 11 is 0. The van der Waals surface area contributed by atoms with Crippen molar-refractivity contribution in [1.82, 2.24) is 4.72 Å². The Morgan fingerprint density at radius 3 is 2.79 bits per heavy atom. The van der Waals surface area contributed by atoms with E-state index in [1.807, 2.05) is 19.9 Å². The zero-order valence-corrected chi connectivity index (χ0v) is 16.1. The third-order valence-electron chi connectivity index (χ3n) is 4.26. The average Bonchev–Trinajstić information content (AvgIpc) is 2.99. The highest BCUT2D eigenvalue weighted by molar-refractivity contribution is 7.89. The van der Waals surface area contributed by atoms with Crippen LogP contribution in [0, 0.1) is 15.9 Å². The van der Waals surface area contributed by atoms with Crippen molar-refractivity contribution in [3.05, 3.63) is 57.4 Å². The second-order valence-electron chi connectivity index (χ2n) is 6.33. The highest BCUT2D eigenvalue weighted by atomic mass is 32.2. The van der Waals surface area contributed by atoms with Gasteiger partial charge in [-0.05, 0) is 38.1 Å². The Balaban J connectivity index is 1.86. The van der Waals surface area contributed by atoms with Crippen molar-refractivity contribution in [1.29, 1.82) is 0 Å². The molecule has 2 aromatic rings. The fraction of sp³-hybridized carbons (Fsp3) is 0.333. The normalized spacial score (nSPS) is 15.8. The van der Waals surface area contributed by atoms with Gasteiger partial charge in [0.1, 0.15) is 17.6 Å². The Labute approximate surface area is 161 Å². The van der Waals surface area contributed by atoms with E-state index in [4.69, 9.17) is 9.47 Å². The number of fused-ring (bicyclic) bond motifs is 1. The van der Waals surface area contributed by atoms with Crippen LogP contribution >= 0.6 is 0 Å². The van der Waals surface area contributed by atoms with E-state index in [-0.39, 0.29) is 12.6 Å². The third kappa shape index (κ3) is 4.07. The molecule has 0 saturated carbocycles. The van der Waals surface area contributed by atoms with Crippen LogP contribution in [0.3, 0.4) is 0 Å². The Bertz CT molecular complexity index is 1020. The van der Waals surface area contributed by atoms with E-state index in [2.05, 4.69) is 4.72 Å². The number of nitro groups is 1. The predicted octanol–water partition coefficient (Wildman–Crippen LogP) is 2.93. The highest BCUT2D eigenvalue weighted by Gasteiger charge is 2.24. The van der Waals surface area contributed by atoms with Gasteiger partial charge < -0.3 is 9.47 Å². The summed E-state index contributed by atoms with van der Waals surface area (Å²) in [7, 11) is -4.11. The second-order valence-corrected chi connectivity index (χ2v) is 8.10. The number of benzene rings is 2. The van der Waals surface area contributed by atoms with Crippen molar-refractivity contribution >= 4 is 15.7 Å². The van der Waals surface area contributed by atoms with Gasteiger partial charge in [-0.15, -0.1) is 0 Å². The molecule has 3 rings (SSSR count). The summed E-state index contributed by atoms with van der Waals surface area (Å²) in [4.78, 5) is 9.48. The maximum atomic E-state index is 13.5. The van der Waals surface area contributed by atoms with Gasteiger partial charge >= 0.3 is 5.69 Å². The smallest absolute Gasteiger partial charge is 0.306 e. The number of hydrogen-bond donors (Lipinski definition) is 1. The van der Waals surface area contributed by atoms with Gasteiger partial charge in [0, 0.05) is 30.2 Å². The molecule has 8 nitrogen and oxygen atoms in total. The lowest BCUT2D eigenvalue weighted by Crippen LogP contribution is -2.23. The number of rotatable bonds is 7. The molecule has 1 atom stereocenters. The van der Waals surface area contributed by atoms with E-state index in [1.165, 1.54) is 0 Å². The van der Waals surface area contributed by atoms with Gasteiger partial charge in [0.25, 0.3) is 0 Å². The zero-order chi connectivity index (χ0) is 20.5. The molecule has 0 radical (unpaired) electrons. The van der Waals surface area contributed by atoms with Crippen molar-refractivity contribution in [2.24, 2.45) is 0 Å². The van der Waals surface area contributed by atoms with E-state index >= 15 is 0 Å². The minimum absolute atomic E-state index is 0.0242. The molecule has 1 N–H and O–H groups in total. The topological polar surface area (TPSA) is 108 Å². The first-order valence-electron chi connectivity index (χ1n) is 8.60. The van der Waals surface area contributed by atoms with Crippen LogP contribution in [0.5, 0.6) is 11.5 Å². The van der Waals surface area contributed by atoms with Crippen molar-refractivity contribution in [2.75, 3.05) is 6.61 Å². The first-order valence-corrected chi connectivity index (χ1v) is 10.1. The molecule has 0 fully saturated rings. The van der Waals surface area contributed by atoms with Crippen LogP contribution in [0.25, 0.3) is 0 Å². The Morgan fingerprint density at radius 2 is 2.11 bits per heavy atom. The summed E-state index contributed by atoms with van der Waals surface area (Å²) in [6.45, 7) is 4.04. The molecule has 1 aliphatic rings. The van der Waals surface area contributed by atoms with E-state index in [9.17, 15) is 22.9 Å². The van der Waals surface area contributed by atoms with Gasteiger partial charge in [0.05, 0.1) is 16.4 Å². The summed E-state index contributed by atoms with van der Waals surface area (Å²) in [5.41, 5.74) is 0.643. The molecule has 28 heavy (non-hydrogen) atoms. The lowest BCUT2D eigenvalue weighted by atomic mass is 10.1. The van der Waals surface area contributed by atoms with Crippen LogP contribution in [0.15, 0.2) is 35.2 Å². The Kier molecular flexibility index (Phi) is 5.52.